The van der Waals surface area contributed by atoms with E-state index in [1.807, 2.05) is 12.1 Å². The Kier molecular flexibility index (Phi) is 8.78. The van der Waals surface area contributed by atoms with Gasteiger partial charge in [0.2, 0.25) is 5.91 Å². The van der Waals surface area contributed by atoms with Gasteiger partial charge in [0, 0.05) is 17.6 Å². The summed E-state index contributed by atoms with van der Waals surface area (Å²) in [5, 5.41) is 19.2. The first-order valence-corrected chi connectivity index (χ1v) is 11.3. The lowest BCUT2D eigenvalue weighted by Gasteiger charge is -2.36. The average molecular weight is 438 g/mol. The number of aliphatic hydroxyl groups excluding tert-OH is 1. The summed E-state index contributed by atoms with van der Waals surface area (Å²) in [6.45, 7) is 0.231. The van der Waals surface area contributed by atoms with Crippen LogP contribution in [0.25, 0.3) is 0 Å². The SMILES string of the molecule is O=C(C[C@H]1CC[C@H](NC(=O)NC2CCCCC2)[C@@H](CO)O1)NCc1ccc(Cl)cc1. The van der Waals surface area contributed by atoms with Gasteiger partial charge in [-0.1, -0.05) is 43.0 Å². The highest BCUT2D eigenvalue weighted by Crippen LogP contribution is 2.22. The summed E-state index contributed by atoms with van der Waals surface area (Å²) in [6.07, 6.45) is 6.34. The number of nitrogens with one attached hydrogen (secondary N) is 3. The number of amides is 3. The molecule has 3 atom stereocenters. The minimum absolute atomic E-state index is 0.104. The number of carbonyl (C=O) groups is 2. The lowest BCUT2D eigenvalue weighted by Crippen LogP contribution is -2.55. The molecule has 166 valence electrons. The summed E-state index contributed by atoms with van der Waals surface area (Å²) >= 11 is 5.87. The van der Waals surface area contributed by atoms with Crippen molar-refractivity contribution in [3.05, 3.63) is 34.9 Å². The van der Waals surface area contributed by atoms with E-state index in [4.69, 9.17) is 16.3 Å². The fourth-order valence-corrected chi connectivity index (χ4v) is 4.30. The highest BCUT2D eigenvalue weighted by atomic mass is 35.5. The van der Waals surface area contributed by atoms with Gasteiger partial charge in [0.25, 0.3) is 0 Å². The van der Waals surface area contributed by atoms with E-state index in [9.17, 15) is 14.7 Å². The molecular formula is C22H32ClN3O4. The predicted molar refractivity (Wildman–Crippen MR) is 115 cm³/mol. The number of urea groups is 1. The quantitative estimate of drug-likeness (QED) is 0.527. The standard InChI is InChI=1S/C22H32ClN3O4/c23-16-8-6-15(7-9-16)13-24-21(28)12-18-10-11-19(20(14-27)30-18)26-22(29)25-17-4-2-1-3-5-17/h6-9,17-20,27H,1-5,10-14H2,(H,24,28)(H2,25,26,29)/t18-,19+,20-/m1/s1. The van der Waals surface area contributed by atoms with Crippen molar-refractivity contribution in [1.82, 2.24) is 16.0 Å². The molecule has 0 aromatic heterocycles. The fourth-order valence-electron chi connectivity index (χ4n) is 4.17. The maximum Gasteiger partial charge on any atom is 0.315 e. The Morgan fingerprint density at radius 1 is 1.03 bits per heavy atom. The Labute approximate surface area is 182 Å². The zero-order valence-electron chi connectivity index (χ0n) is 17.2. The molecule has 2 fully saturated rings. The zero-order valence-corrected chi connectivity index (χ0v) is 18.0. The molecular weight excluding hydrogens is 406 g/mol. The van der Waals surface area contributed by atoms with Gasteiger partial charge in [-0.15, -0.1) is 0 Å². The highest BCUT2D eigenvalue weighted by molar-refractivity contribution is 6.30. The molecule has 30 heavy (non-hydrogen) atoms. The first-order valence-electron chi connectivity index (χ1n) is 10.9. The number of ether oxygens (including phenoxy) is 1. The smallest absolute Gasteiger partial charge is 0.315 e. The monoisotopic (exact) mass is 437 g/mol. The Bertz CT molecular complexity index is 694. The molecule has 1 saturated heterocycles. The maximum atomic E-state index is 12.3. The summed E-state index contributed by atoms with van der Waals surface area (Å²) < 4.78 is 5.91. The third-order valence-corrected chi connectivity index (χ3v) is 6.12. The number of hydrogen-bond acceptors (Lipinski definition) is 4. The van der Waals surface area contributed by atoms with Gasteiger partial charge in [-0.25, -0.2) is 4.79 Å². The normalized spacial score (nSPS) is 24.8. The molecule has 2 aliphatic rings. The second-order valence-electron chi connectivity index (χ2n) is 8.22. The van der Waals surface area contributed by atoms with E-state index in [2.05, 4.69) is 16.0 Å². The van der Waals surface area contributed by atoms with Crippen molar-refractivity contribution < 1.29 is 19.4 Å². The number of rotatable bonds is 7. The third kappa shape index (κ3) is 7.15. The Morgan fingerprint density at radius 3 is 2.47 bits per heavy atom. The van der Waals surface area contributed by atoms with Crippen molar-refractivity contribution in [3.63, 3.8) is 0 Å². The van der Waals surface area contributed by atoms with Crippen molar-refractivity contribution >= 4 is 23.5 Å². The highest BCUT2D eigenvalue weighted by Gasteiger charge is 2.33. The van der Waals surface area contributed by atoms with Crippen molar-refractivity contribution in [1.29, 1.82) is 0 Å². The molecule has 8 heteroatoms. The molecule has 3 amide bonds. The molecule has 4 N–H and O–H groups in total. The van der Waals surface area contributed by atoms with Crippen LogP contribution in [-0.2, 0) is 16.1 Å². The number of hydrogen-bond donors (Lipinski definition) is 4. The van der Waals surface area contributed by atoms with Crippen LogP contribution in [-0.4, -0.2) is 47.9 Å². The van der Waals surface area contributed by atoms with Crippen LogP contribution in [0.4, 0.5) is 4.79 Å². The molecule has 0 bridgehead atoms. The van der Waals surface area contributed by atoms with E-state index in [0.717, 1.165) is 31.2 Å². The van der Waals surface area contributed by atoms with Gasteiger partial charge in [0.15, 0.2) is 0 Å². The second kappa shape index (κ2) is 11.5. The molecule has 1 aromatic rings. The minimum atomic E-state index is -0.509. The molecule has 0 radical (unpaired) electrons. The number of halogens is 1. The van der Waals surface area contributed by atoms with Crippen molar-refractivity contribution in [2.24, 2.45) is 0 Å². The lowest BCUT2D eigenvalue weighted by atomic mass is 9.95. The van der Waals surface area contributed by atoms with Crippen LogP contribution in [0.1, 0.15) is 56.9 Å². The molecule has 7 nitrogen and oxygen atoms in total. The lowest BCUT2D eigenvalue weighted by molar-refractivity contribution is -0.130. The van der Waals surface area contributed by atoms with E-state index in [1.54, 1.807) is 12.1 Å². The second-order valence-corrected chi connectivity index (χ2v) is 8.66. The summed E-state index contributed by atoms with van der Waals surface area (Å²) in [7, 11) is 0. The van der Waals surface area contributed by atoms with Crippen LogP contribution in [0.15, 0.2) is 24.3 Å². The van der Waals surface area contributed by atoms with Crippen LogP contribution in [0.3, 0.4) is 0 Å². The van der Waals surface area contributed by atoms with Crippen LogP contribution in [0.5, 0.6) is 0 Å². The summed E-state index contributed by atoms with van der Waals surface area (Å²) in [4.78, 5) is 24.6. The van der Waals surface area contributed by atoms with Crippen LogP contribution in [0, 0.1) is 0 Å². The van der Waals surface area contributed by atoms with E-state index in [0.29, 0.717) is 24.4 Å². The topological polar surface area (TPSA) is 99.7 Å². The maximum absolute atomic E-state index is 12.3. The fraction of sp³-hybridized carbons (Fsp3) is 0.636. The average Bonchev–Trinajstić information content (AvgIpc) is 2.75. The van der Waals surface area contributed by atoms with Gasteiger partial charge in [-0.3, -0.25) is 4.79 Å². The number of benzene rings is 1. The Morgan fingerprint density at radius 2 is 1.77 bits per heavy atom. The molecule has 0 spiro atoms. The molecule has 1 aliphatic heterocycles. The summed E-state index contributed by atoms with van der Waals surface area (Å²) in [5.74, 6) is -0.104. The third-order valence-electron chi connectivity index (χ3n) is 5.87. The first kappa shape index (κ1) is 22.8. The van der Waals surface area contributed by atoms with Crippen LogP contribution < -0.4 is 16.0 Å². The Hall–Kier alpha value is -1.83. The van der Waals surface area contributed by atoms with Crippen molar-refractivity contribution in [3.8, 4) is 0 Å². The van der Waals surface area contributed by atoms with Gasteiger partial charge in [-0.05, 0) is 43.4 Å². The minimum Gasteiger partial charge on any atom is -0.394 e. The molecule has 1 heterocycles. The van der Waals surface area contributed by atoms with Crippen molar-refractivity contribution in [2.45, 2.75) is 82.2 Å². The van der Waals surface area contributed by atoms with Gasteiger partial charge in [0.1, 0.15) is 6.10 Å². The van der Waals surface area contributed by atoms with E-state index in [1.165, 1.54) is 6.42 Å². The van der Waals surface area contributed by atoms with Gasteiger partial charge < -0.3 is 25.8 Å². The molecule has 1 saturated carbocycles. The van der Waals surface area contributed by atoms with Crippen LogP contribution >= 0.6 is 11.6 Å². The predicted octanol–water partition coefficient (Wildman–Crippen LogP) is 2.89. The number of aliphatic hydroxyl groups is 1. The van der Waals surface area contributed by atoms with Gasteiger partial charge in [-0.2, -0.15) is 0 Å². The van der Waals surface area contributed by atoms with E-state index < -0.39 is 6.10 Å². The van der Waals surface area contributed by atoms with Gasteiger partial charge in [0.05, 0.1) is 25.2 Å². The molecule has 0 unspecified atom stereocenters. The number of carbonyl (C=O) groups excluding carboxylic acids is 2. The molecule has 3 rings (SSSR count). The van der Waals surface area contributed by atoms with E-state index in [-0.39, 0.29) is 43.2 Å². The zero-order chi connectivity index (χ0) is 21.3. The van der Waals surface area contributed by atoms with Gasteiger partial charge >= 0.3 is 6.03 Å². The summed E-state index contributed by atoms with van der Waals surface area (Å²) in [5.41, 5.74) is 0.971. The van der Waals surface area contributed by atoms with Crippen molar-refractivity contribution in [2.75, 3.05) is 6.61 Å². The largest absolute Gasteiger partial charge is 0.394 e. The van der Waals surface area contributed by atoms with E-state index >= 15 is 0 Å². The molecule has 1 aromatic carbocycles. The summed E-state index contributed by atoms with van der Waals surface area (Å²) in [6, 6.07) is 7.09. The molecule has 1 aliphatic carbocycles. The first-order chi connectivity index (χ1) is 14.5. The van der Waals surface area contributed by atoms with Crippen LogP contribution in [0.2, 0.25) is 5.02 Å². The Balaban J connectivity index is 1.40.